The standard InChI is InChI=1S/C17H30N2O/c1-5-7-15-8-10-16(11-9-15)17(18-3)14-19(4)12-13-20-6-2/h8-11,17-18H,5-7,12-14H2,1-4H3. The van der Waals surface area contributed by atoms with Gasteiger partial charge in [-0.15, -0.1) is 0 Å². The topological polar surface area (TPSA) is 24.5 Å². The Hall–Kier alpha value is -0.900. The van der Waals surface area contributed by atoms with Crippen molar-refractivity contribution < 1.29 is 4.74 Å². The Balaban J connectivity index is 2.52. The summed E-state index contributed by atoms with van der Waals surface area (Å²) < 4.78 is 5.41. The maximum absolute atomic E-state index is 5.41. The molecule has 114 valence electrons. The summed E-state index contributed by atoms with van der Waals surface area (Å²) >= 11 is 0. The molecular formula is C17H30N2O. The SMILES string of the molecule is CCCc1ccc(C(CN(C)CCOCC)NC)cc1. The number of ether oxygens (including phenoxy) is 1. The molecule has 0 heterocycles. The molecule has 0 spiro atoms. The molecule has 3 nitrogen and oxygen atoms in total. The van der Waals surface area contributed by atoms with Gasteiger partial charge in [-0.05, 0) is 38.6 Å². The minimum Gasteiger partial charge on any atom is -0.380 e. The van der Waals surface area contributed by atoms with Crippen molar-refractivity contribution in [1.82, 2.24) is 10.2 Å². The summed E-state index contributed by atoms with van der Waals surface area (Å²) in [6.07, 6.45) is 2.37. The summed E-state index contributed by atoms with van der Waals surface area (Å²) in [5.74, 6) is 0. The highest BCUT2D eigenvalue weighted by Crippen LogP contribution is 2.15. The predicted octanol–water partition coefficient (Wildman–Crippen LogP) is 2.87. The lowest BCUT2D eigenvalue weighted by Gasteiger charge is -2.24. The number of benzene rings is 1. The summed E-state index contributed by atoms with van der Waals surface area (Å²) in [4.78, 5) is 2.32. The van der Waals surface area contributed by atoms with Crippen molar-refractivity contribution in [3.8, 4) is 0 Å². The minimum absolute atomic E-state index is 0.373. The maximum Gasteiger partial charge on any atom is 0.0593 e. The molecule has 0 fully saturated rings. The van der Waals surface area contributed by atoms with Crippen molar-refractivity contribution in [2.24, 2.45) is 0 Å². The second-order valence-electron chi connectivity index (χ2n) is 5.29. The monoisotopic (exact) mass is 278 g/mol. The molecule has 0 amide bonds. The Bertz CT molecular complexity index is 351. The molecular weight excluding hydrogens is 248 g/mol. The van der Waals surface area contributed by atoms with Crippen LogP contribution in [-0.4, -0.2) is 45.3 Å². The minimum atomic E-state index is 0.373. The molecule has 0 bridgehead atoms. The number of hydrogen-bond donors (Lipinski definition) is 1. The second kappa shape index (κ2) is 9.92. The van der Waals surface area contributed by atoms with Crippen LogP contribution >= 0.6 is 0 Å². The number of aryl methyl sites for hydroxylation is 1. The van der Waals surface area contributed by atoms with Gasteiger partial charge in [0.2, 0.25) is 0 Å². The van der Waals surface area contributed by atoms with Crippen molar-refractivity contribution in [2.75, 3.05) is 40.4 Å². The Kier molecular flexibility index (Phi) is 8.51. The lowest BCUT2D eigenvalue weighted by atomic mass is 10.0. The first-order chi connectivity index (χ1) is 9.71. The maximum atomic E-state index is 5.41. The zero-order valence-corrected chi connectivity index (χ0v) is 13.5. The van der Waals surface area contributed by atoms with E-state index < -0.39 is 0 Å². The van der Waals surface area contributed by atoms with Gasteiger partial charge in [-0.1, -0.05) is 37.6 Å². The molecule has 0 aliphatic carbocycles. The third-order valence-electron chi connectivity index (χ3n) is 3.58. The summed E-state index contributed by atoms with van der Waals surface area (Å²) in [5, 5.41) is 3.41. The molecule has 1 rings (SSSR count). The summed E-state index contributed by atoms with van der Waals surface area (Å²) in [6.45, 7) is 7.82. The van der Waals surface area contributed by atoms with Gasteiger partial charge in [0.05, 0.1) is 6.61 Å². The van der Waals surface area contributed by atoms with Crippen molar-refractivity contribution >= 4 is 0 Å². The number of likely N-dealkylation sites (N-methyl/N-ethyl adjacent to an activating group) is 2. The highest BCUT2D eigenvalue weighted by atomic mass is 16.5. The average Bonchev–Trinajstić information content (AvgIpc) is 2.46. The van der Waals surface area contributed by atoms with E-state index in [0.717, 1.165) is 26.3 Å². The molecule has 3 heteroatoms. The van der Waals surface area contributed by atoms with Crippen LogP contribution in [0.25, 0.3) is 0 Å². The summed E-state index contributed by atoms with van der Waals surface area (Å²) in [7, 11) is 4.18. The van der Waals surface area contributed by atoms with E-state index in [9.17, 15) is 0 Å². The first-order valence-electron chi connectivity index (χ1n) is 7.73. The van der Waals surface area contributed by atoms with E-state index in [1.165, 1.54) is 24.0 Å². The van der Waals surface area contributed by atoms with Crippen molar-refractivity contribution in [1.29, 1.82) is 0 Å². The fourth-order valence-electron chi connectivity index (χ4n) is 2.34. The largest absolute Gasteiger partial charge is 0.380 e. The fourth-order valence-corrected chi connectivity index (χ4v) is 2.34. The van der Waals surface area contributed by atoms with Crippen LogP contribution < -0.4 is 5.32 Å². The average molecular weight is 278 g/mol. The third kappa shape index (κ3) is 6.04. The molecule has 1 N–H and O–H groups in total. The van der Waals surface area contributed by atoms with Crippen LogP contribution in [0, 0.1) is 0 Å². The first-order valence-corrected chi connectivity index (χ1v) is 7.73. The van der Waals surface area contributed by atoms with Gasteiger partial charge in [-0.25, -0.2) is 0 Å². The third-order valence-corrected chi connectivity index (χ3v) is 3.58. The summed E-state index contributed by atoms with van der Waals surface area (Å²) in [6, 6.07) is 9.38. The Morgan fingerprint density at radius 3 is 2.45 bits per heavy atom. The van der Waals surface area contributed by atoms with Crippen molar-refractivity contribution in [3.63, 3.8) is 0 Å². The van der Waals surface area contributed by atoms with Crippen LogP contribution in [0.2, 0.25) is 0 Å². The van der Waals surface area contributed by atoms with E-state index in [-0.39, 0.29) is 0 Å². The van der Waals surface area contributed by atoms with Crippen LogP contribution in [0.15, 0.2) is 24.3 Å². The van der Waals surface area contributed by atoms with E-state index in [4.69, 9.17) is 4.74 Å². The van der Waals surface area contributed by atoms with Crippen molar-refractivity contribution in [2.45, 2.75) is 32.7 Å². The molecule has 1 unspecified atom stereocenters. The van der Waals surface area contributed by atoms with Gasteiger partial charge in [0.15, 0.2) is 0 Å². The number of nitrogens with one attached hydrogen (secondary N) is 1. The smallest absolute Gasteiger partial charge is 0.0593 e. The zero-order chi connectivity index (χ0) is 14.8. The van der Waals surface area contributed by atoms with Crippen LogP contribution in [0.4, 0.5) is 0 Å². The molecule has 0 aliphatic rings. The highest BCUT2D eigenvalue weighted by Gasteiger charge is 2.11. The van der Waals surface area contributed by atoms with Gasteiger partial charge >= 0.3 is 0 Å². The van der Waals surface area contributed by atoms with Gasteiger partial charge in [-0.3, -0.25) is 0 Å². The first kappa shape index (κ1) is 17.2. The van der Waals surface area contributed by atoms with Gasteiger partial charge in [0, 0.05) is 25.7 Å². The number of nitrogens with zero attached hydrogens (tertiary/aromatic N) is 1. The molecule has 0 saturated heterocycles. The highest BCUT2D eigenvalue weighted by molar-refractivity contribution is 5.25. The van der Waals surface area contributed by atoms with Crippen LogP contribution in [0.3, 0.4) is 0 Å². The van der Waals surface area contributed by atoms with E-state index in [1.807, 2.05) is 14.0 Å². The summed E-state index contributed by atoms with van der Waals surface area (Å²) in [5.41, 5.74) is 2.78. The molecule has 0 aromatic heterocycles. The lowest BCUT2D eigenvalue weighted by Crippen LogP contribution is -2.33. The normalized spacial score (nSPS) is 12.8. The van der Waals surface area contributed by atoms with Gasteiger partial charge in [0.1, 0.15) is 0 Å². The molecule has 1 aromatic rings. The number of hydrogen-bond acceptors (Lipinski definition) is 3. The Labute approximate surface area is 124 Å². The Morgan fingerprint density at radius 2 is 1.90 bits per heavy atom. The zero-order valence-electron chi connectivity index (χ0n) is 13.5. The fraction of sp³-hybridized carbons (Fsp3) is 0.647. The quantitative estimate of drug-likeness (QED) is 0.666. The van der Waals surface area contributed by atoms with Crippen LogP contribution in [0.5, 0.6) is 0 Å². The lowest BCUT2D eigenvalue weighted by molar-refractivity contribution is 0.119. The van der Waals surface area contributed by atoms with Gasteiger partial charge in [-0.2, -0.15) is 0 Å². The predicted molar refractivity (Wildman–Crippen MR) is 86.2 cm³/mol. The molecule has 0 saturated carbocycles. The van der Waals surface area contributed by atoms with E-state index >= 15 is 0 Å². The molecule has 0 aliphatic heterocycles. The van der Waals surface area contributed by atoms with Crippen LogP contribution in [0.1, 0.15) is 37.4 Å². The second-order valence-corrected chi connectivity index (χ2v) is 5.29. The van der Waals surface area contributed by atoms with Gasteiger partial charge < -0.3 is 15.0 Å². The molecule has 1 atom stereocenters. The van der Waals surface area contributed by atoms with Crippen LogP contribution in [-0.2, 0) is 11.2 Å². The molecule has 0 radical (unpaired) electrons. The molecule has 1 aromatic carbocycles. The van der Waals surface area contributed by atoms with E-state index in [2.05, 4.69) is 48.5 Å². The number of rotatable bonds is 10. The molecule has 20 heavy (non-hydrogen) atoms. The Morgan fingerprint density at radius 1 is 1.20 bits per heavy atom. The van der Waals surface area contributed by atoms with E-state index in [0.29, 0.717) is 6.04 Å². The van der Waals surface area contributed by atoms with E-state index in [1.54, 1.807) is 0 Å². The van der Waals surface area contributed by atoms with Crippen molar-refractivity contribution in [3.05, 3.63) is 35.4 Å². The van der Waals surface area contributed by atoms with Gasteiger partial charge in [0.25, 0.3) is 0 Å².